The predicted molar refractivity (Wildman–Crippen MR) is 69.1 cm³/mol. The van der Waals surface area contributed by atoms with Gasteiger partial charge in [0.2, 0.25) is 4.38 Å². The number of esters is 1. The third kappa shape index (κ3) is 8.84. The Labute approximate surface area is 101 Å². The molecule has 0 aliphatic heterocycles. The first-order valence-corrected chi connectivity index (χ1v) is 6.71. The van der Waals surface area contributed by atoms with Crippen LogP contribution >= 0.6 is 36.6 Å². The summed E-state index contributed by atoms with van der Waals surface area (Å²) in [6.07, 6.45) is 3.23. The molecule has 0 bridgehead atoms. The molecule has 0 rings (SSSR count). The van der Waals surface area contributed by atoms with E-state index in [1.807, 2.05) is 0 Å². The highest BCUT2D eigenvalue weighted by Crippen LogP contribution is 2.09. The van der Waals surface area contributed by atoms with Crippen LogP contribution in [0.25, 0.3) is 0 Å². The van der Waals surface area contributed by atoms with Gasteiger partial charge in [0.1, 0.15) is 0 Å². The van der Waals surface area contributed by atoms with Gasteiger partial charge in [-0.25, -0.2) is 0 Å². The first-order chi connectivity index (χ1) is 6.70. The molecule has 0 radical (unpaired) electrons. The topological polar surface area (TPSA) is 26.3 Å². The molecule has 5 heteroatoms. The van der Waals surface area contributed by atoms with Gasteiger partial charge in [0, 0.05) is 12.2 Å². The van der Waals surface area contributed by atoms with Crippen molar-refractivity contribution in [2.24, 2.45) is 0 Å². The average Bonchev–Trinajstić information content (AvgIpc) is 2.15. The van der Waals surface area contributed by atoms with Crippen LogP contribution in [-0.4, -0.2) is 21.9 Å². The number of carbonyl (C=O) groups is 1. The van der Waals surface area contributed by atoms with Crippen LogP contribution in [0.5, 0.6) is 0 Å². The zero-order valence-corrected chi connectivity index (χ0v) is 10.9. The summed E-state index contributed by atoms with van der Waals surface area (Å²) in [7, 11) is 0. The van der Waals surface area contributed by atoms with Crippen LogP contribution in [0.15, 0.2) is 0 Å². The standard InChI is InChI=1S/C9H16O2S3/c1-2-7-14-9(13)11-8(10)5-3-4-6-12/h12H,2-7H2,1H3. The van der Waals surface area contributed by atoms with Crippen molar-refractivity contribution in [1.82, 2.24) is 0 Å². The summed E-state index contributed by atoms with van der Waals surface area (Å²) in [5.41, 5.74) is 0. The molecular weight excluding hydrogens is 236 g/mol. The van der Waals surface area contributed by atoms with Crippen LogP contribution in [0, 0.1) is 0 Å². The Balaban J connectivity index is 3.45. The lowest BCUT2D eigenvalue weighted by molar-refractivity contribution is -0.135. The Bertz CT molecular complexity index is 183. The number of hydrogen-bond donors (Lipinski definition) is 1. The number of thiocarbonyl (C=S) groups is 1. The molecule has 0 aromatic heterocycles. The number of rotatable bonds is 6. The lowest BCUT2D eigenvalue weighted by Crippen LogP contribution is -2.08. The second-order valence-electron chi connectivity index (χ2n) is 2.75. The van der Waals surface area contributed by atoms with Gasteiger partial charge in [0.05, 0.1) is 0 Å². The van der Waals surface area contributed by atoms with E-state index >= 15 is 0 Å². The summed E-state index contributed by atoms with van der Waals surface area (Å²) in [5, 5.41) is 0. The van der Waals surface area contributed by atoms with E-state index in [0.29, 0.717) is 10.8 Å². The van der Waals surface area contributed by atoms with Crippen LogP contribution in [0.3, 0.4) is 0 Å². The van der Waals surface area contributed by atoms with E-state index in [9.17, 15) is 4.79 Å². The summed E-state index contributed by atoms with van der Waals surface area (Å²) < 4.78 is 5.28. The molecule has 0 N–H and O–H groups in total. The van der Waals surface area contributed by atoms with E-state index in [2.05, 4.69) is 19.6 Å². The molecule has 2 nitrogen and oxygen atoms in total. The van der Waals surface area contributed by atoms with Crippen molar-refractivity contribution in [1.29, 1.82) is 0 Å². The lowest BCUT2D eigenvalue weighted by Gasteiger charge is -2.03. The molecule has 0 amide bonds. The second-order valence-corrected chi connectivity index (χ2v) is 4.90. The fourth-order valence-corrected chi connectivity index (χ4v) is 1.83. The number of hydrogen-bond acceptors (Lipinski definition) is 5. The smallest absolute Gasteiger partial charge is 0.312 e. The quantitative estimate of drug-likeness (QED) is 0.340. The van der Waals surface area contributed by atoms with Gasteiger partial charge in [-0.3, -0.25) is 4.79 Å². The molecule has 0 saturated carbocycles. The first-order valence-electron chi connectivity index (χ1n) is 4.69. The minimum Gasteiger partial charge on any atom is -0.408 e. The van der Waals surface area contributed by atoms with Crippen molar-refractivity contribution < 1.29 is 9.53 Å². The maximum absolute atomic E-state index is 11.1. The Morgan fingerprint density at radius 2 is 2.21 bits per heavy atom. The van der Waals surface area contributed by atoms with Crippen LogP contribution < -0.4 is 0 Å². The summed E-state index contributed by atoms with van der Waals surface area (Å²) in [6, 6.07) is 0. The van der Waals surface area contributed by atoms with Gasteiger partial charge in [-0.1, -0.05) is 18.7 Å². The number of unbranched alkanes of at least 4 members (excludes halogenated alkanes) is 1. The Morgan fingerprint density at radius 3 is 2.79 bits per heavy atom. The van der Waals surface area contributed by atoms with E-state index in [1.54, 1.807) is 0 Å². The minimum absolute atomic E-state index is 0.222. The van der Waals surface area contributed by atoms with Crippen LogP contribution in [0.4, 0.5) is 0 Å². The zero-order chi connectivity index (χ0) is 10.8. The van der Waals surface area contributed by atoms with Gasteiger partial charge in [-0.15, -0.1) is 0 Å². The third-order valence-electron chi connectivity index (χ3n) is 1.41. The molecule has 14 heavy (non-hydrogen) atoms. The van der Waals surface area contributed by atoms with E-state index in [0.717, 1.165) is 30.8 Å². The van der Waals surface area contributed by atoms with Crippen molar-refractivity contribution >= 4 is 47.0 Å². The van der Waals surface area contributed by atoms with E-state index in [4.69, 9.17) is 17.0 Å². The van der Waals surface area contributed by atoms with Crippen LogP contribution in [-0.2, 0) is 9.53 Å². The maximum Gasteiger partial charge on any atom is 0.312 e. The SMILES string of the molecule is CCCSC(=S)OC(=O)CCCCS. The predicted octanol–water partition coefficient (Wildman–Crippen LogP) is 3.06. The van der Waals surface area contributed by atoms with Gasteiger partial charge in [-0.2, -0.15) is 12.6 Å². The minimum atomic E-state index is -0.222. The van der Waals surface area contributed by atoms with Gasteiger partial charge in [0.25, 0.3) is 0 Å². The fourth-order valence-electron chi connectivity index (χ4n) is 0.740. The van der Waals surface area contributed by atoms with Gasteiger partial charge in [0.15, 0.2) is 0 Å². The van der Waals surface area contributed by atoms with Crippen molar-refractivity contribution in [3.63, 3.8) is 0 Å². The molecule has 0 spiro atoms. The number of thiol groups is 1. The monoisotopic (exact) mass is 252 g/mol. The van der Waals surface area contributed by atoms with Crippen molar-refractivity contribution in [3.05, 3.63) is 0 Å². The van der Waals surface area contributed by atoms with Crippen molar-refractivity contribution in [3.8, 4) is 0 Å². The van der Waals surface area contributed by atoms with Crippen LogP contribution in [0.1, 0.15) is 32.6 Å². The molecule has 0 aromatic rings. The summed E-state index contributed by atoms with van der Waals surface area (Å²) >= 11 is 10.4. The Morgan fingerprint density at radius 1 is 1.50 bits per heavy atom. The molecule has 0 aliphatic rings. The third-order valence-corrected chi connectivity index (χ3v) is 3.09. The van der Waals surface area contributed by atoms with Crippen molar-refractivity contribution in [2.75, 3.05) is 11.5 Å². The number of thioether (sulfide) groups is 1. The normalized spacial score (nSPS) is 9.86. The van der Waals surface area contributed by atoms with Crippen molar-refractivity contribution in [2.45, 2.75) is 32.6 Å². The average molecular weight is 252 g/mol. The molecule has 0 heterocycles. The molecule has 0 aliphatic carbocycles. The summed E-state index contributed by atoms with van der Waals surface area (Å²) in [6.45, 7) is 2.06. The highest BCUT2D eigenvalue weighted by molar-refractivity contribution is 8.22. The van der Waals surface area contributed by atoms with E-state index in [-0.39, 0.29) is 5.97 Å². The fraction of sp³-hybridized carbons (Fsp3) is 0.778. The van der Waals surface area contributed by atoms with Gasteiger partial charge < -0.3 is 4.74 Å². The molecule has 0 unspecified atom stereocenters. The zero-order valence-electron chi connectivity index (χ0n) is 8.32. The van der Waals surface area contributed by atoms with E-state index < -0.39 is 0 Å². The Kier molecular flexibility index (Phi) is 9.98. The molecule has 0 fully saturated rings. The second kappa shape index (κ2) is 9.80. The molecule has 0 atom stereocenters. The summed E-state index contributed by atoms with van der Waals surface area (Å²) in [4.78, 5) is 11.1. The summed E-state index contributed by atoms with van der Waals surface area (Å²) in [5.74, 6) is 1.49. The highest BCUT2D eigenvalue weighted by atomic mass is 32.2. The van der Waals surface area contributed by atoms with E-state index in [1.165, 1.54) is 11.8 Å². The molecule has 82 valence electrons. The lowest BCUT2D eigenvalue weighted by atomic mass is 10.2. The van der Waals surface area contributed by atoms with Gasteiger partial charge >= 0.3 is 5.97 Å². The first kappa shape index (κ1) is 14.3. The Hall–Kier alpha value is 0.260. The molecule has 0 aromatic carbocycles. The number of ether oxygens (including phenoxy) is 1. The molecule has 0 saturated heterocycles. The van der Waals surface area contributed by atoms with Crippen LogP contribution in [0.2, 0.25) is 0 Å². The van der Waals surface area contributed by atoms with Gasteiger partial charge in [-0.05, 0) is 37.2 Å². The maximum atomic E-state index is 11.1. The number of carbonyl (C=O) groups excluding carboxylic acids is 1. The highest BCUT2D eigenvalue weighted by Gasteiger charge is 2.06. The largest absolute Gasteiger partial charge is 0.408 e. The molecular formula is C9H16O2S3.